The molecule has 0 atom stereocenters. The maximum absolute atomic E-state index is 12.2. The van der Waals surface area contributed by atoms with Crippen molar-refractivity contribution >= 4 is 27.9 Å². The molecule has 3 rings (SSSR count). The Morgan fingerprint density at radius 3 is 2.58 bits per heavy atom. The van der Waals surface area contributed by atoms with Crippen LogP contribution in [0.2, 0.25) is 0 Å². The number of benzene rings is 2. The summed E-state index contributed by atoms with van der Waals surface area (Å²) in [6, 6.07) is 16.4. The van der Waals surface area contributed by atoms with E-state index in [-0.39, 0.29) is 5.78 Å². The summed E-state index contributed by atoms with van der Waals surface area (Å²) < 4.78 is 0. The van der Waals surface area contributed by atoms with Crippen molar-refractivity contribution in [3.05, 3.63) is 69.9 Å². The molecule has 1 heterocycles. The molecule has 0 spiro atoms. The first-order chi connectivity index (χ1) is 9.22. The summed E-state index contributed by atoms with van der Waals surface area (Å²) in [6.45, 7) is 2.03. The third kappa shape index (κ3) is 2.59. The number of hydrogen-bond donors (Lipinski definition) is 0. The number of carbonyl (C=O) groups excluding carboxylic acids is 1. The molecule has 19 heavy (non-hydrogen) atoms. The maximum Gasteiger partial charge on any atom is 0.168 e. The highest BCUT2D eigenvalue weighted by Gasteiger charge is 2.09. The third-order valence-electron chi connectivity index (χ3n) is 3.23. The summed E-state index contributed by atoms with van der Waals surface area (Å²) in [4.78, 5) is 13.4. The van der Waals surface area contributed by atoms with Crippen LogP contribution < -0.4 is 0 Å². The molecule has 0 N–H and O–H groups in total. The minimum Gasteiger partial charge on any atom is -0.294 e. The summed E-state index contributed by atoms with van der Waals surface area (Å²) in [5, 5.41) is 4.35. The van der Waals surface area contributed by atoms with Crippen LogP contribution in [0.25, 0.3) is 10.8 Å². The van der Waals surface area contributed by atoms with Crippen LogP contribution in [-0.4, -0.2) is 5.78 Å². The number of carbonyl (C=O) groups is 1. The first kappa shape index (κ1) is 12.1. The summed E-state index contributed by atoms with van der Waals surface area (Å²) in [5.41, 5.74) is 1.91. The smallest absolute Gasteiger partial charge is 0.168 e. The molecule has 0 amide bonds. The van der Waals surface area contributed by atoms with E-state index >= 15 is 0 Å². The zero-order valence-corrected chi connectivity index (χ0v) is 11.5. The fourth-order valence-electron chi connectivity index (χ4n) is 2.23. The van der Waals surface area contributed by atoms with Gasteiger partial charge < -0.3 is 0 Å². The number of thiophene rings is 1. The molecule has 0 bridgehead atoms. The van der Waals surface area contributed by atoms with E-state index in [1.165, 1.54) is 15.6 Å². The molecule has 0 saturated heterocycles. The summed E-state index contributed by atoms with van der Waals surface area (Å²) in [5.74, 6) is 0.194. The molecule has 2 heteroatoms. The highest BCUT2D eigenvalue weighted by Crippen LogP contribution is 2.19. The van der Waals surface area contributed by atoms with Crippen molar-refractivity contribution in [2.45, 2.75) is 13.3 Å². The zero-order valence-electron chi connectivity index (χ0n) is 10.7. The van der Waals surface area contributed by atoms with E-state index in [1.54, 1.807) is 11.3 Å². The minimum absolute atomic E-state index is 0.194. The summed E-state index contributed by atoms with van der Waals surface area (Å²) in [7, 11) is 0. The molecule has 0 aliphatic carbocycles. The molecule has 1 nitrogen and oxygen atoms in total. The van der Waals surface area contributed by atoms with Gasteiger partial charge in [-0.1, -0.05) is 42.5 Å². The van der Waals surface area contributed by atoms with Gasteiger partial charge >= 0.3 is 0 Å². The van der Waals surface area contributed by atoms with Crippen LogP contribution in [-0.2, 0) is 6.42 Å². The Balaban J connectivity index is 1.87. The van der Waals surface area contributed by atoms with E-state index in [1.807, 2.05) is 36.6 Å². The van der Waals surface area contributed by atoms with Gasteiger partial charge in [-0.3, -0.25) is 4.79 Å². The second-order valence-corrected chi connectivity index (χ2v) is 5.84. The molecular weight excluding hydrogens is 252 g/mol. The van der Waals surface area contributed by atoms with Crippen molar-refractivity contribution in [1.29, 1.82) is 0 Å². The third-order valence-corrected chi connectivity index (χ3v) is 4.09. The van der Waals surface area contributed by atoms with Crippen LogP contribution in [0, 0.1) is 6.92 Å². The van der Waals surface area contributed by atoms with Gasteiger partial charge in [0, 0.05) is 22.2 Å². The lowest BCUT2D eigenvalue weighted by atomic mass is 10.0. The monoisotopic (exact) mass is 266 g/mol. The lowest BCUT2D eigenvalue weighted by Gasteiger charge is -2.02. The summed E-state index contributed by atoms with van der Waals surface area (Å²) >= 11 is 1.63. The number of aryl methyl sites for hydroxylation is 1. The van der Waals surface area contributed by atoms with Gasteiger partial charge in [0.2, 0.25) is 0 Å². The Morgan fingerprint density at radius 1 is 1.05 bits per heavy atom. The predicted octanol–water partition coefficient (Wildman–Crippen LogP) is 4.64. The lowest BCUT2D eigenvalue weighted by molar-refractivity contribution is 0.0993. The maximum atomic E-state index is 12.2. The molecule has 0 unspecified atom stereocenters. The van der Waals surface area contributed by atoms with Crippen LogP contribution in [0.15, 0.2) is 53.9 Å². The highest BCUT2D eigenvalue weighted by atomic mass is 32.1. The number of rotatable bonds is 3. The fourth-order valence-corrected chi connectivity index (χ4v) is 2.93. The molecule has 0 aliphatic heterocycles. The second-order valence-electron chi connectivity index (χ2n) is 4.73. The van der Waals surface area contributed by atoms with Gasteiger partial charge in [-0.15, -0.1) is 11.3 Å². The van der Waals surface area contributed by atoms with Crippen molar-refractivity contribution in [2.24, 2.45) is 0 Å². The van der Waals surface area contributed by atoms with Crippen molar-refractivity contribution in [1.82, 2.24) is 0 Å². The van der Waals surface area contributed by atoms with Gasteiger partial charge in [-0.05, 0) is 29.3 Å². The molecular formula is C17H14OS. The molecule has 0 aliphatic rings. The van der Waals surface area contributed by atoms with Gasteiger partial charge in [-0.25, -0.2) is 0 Å². The van der Waals surface area contributed by atoms with Gasteiger partial charge in [0.05, 0.1) is 0 Å². The molecule has 94 valence electrons. The zero-order chi connectivity index (χ0) is 13.2. The van der Waals surface area contributed by atoms with E-state index in [4.69, 9.17) is 0 Å². The van der Waals surface area contributed by atoms with Crippen molar-refractivity contribution in [3.8, 4) is 0 Å². The van der Waals surface area contributed by atoms with Crippen molar-refractivity contribution in [3.63, 3.8) is 0 Å². The second kappa shape index (κ2) is 4.98. The van der Waals surface area contributed by atoms with Gasteiger partial charge in [0.1, 0.15) is 0 Å². The molecule has 3 aromatic rings. The Bertz CT molecular complexity index is 740. The van der Waals surface area contributed by atoms with Gasteiger partial charge in [0.25, 0.3) is 0 Å². The molecule has 0 radical (unpaired) electrons. The number of Topliss-reactive ketones (excluding diaryl/α,β-unsaturated/α-hetero) is 1. The van der Waals surface area contributed by atoms with Crippen LogP contribution in [0.5, 0.6) is 0 Å². The standard InChI is InChI=1S/C17H14OS/c1-12-8-16(11-19-12)17(18)10-13-6-7-14-4-2-3-5-15(14)9-13/h2-9,11H,10H2,1H3. The topological polar surface area (TPSA) is 17.1 Å². The Kier molecular flexibility index (Phi) is 3.18. The van der Waals surface area contributed by atoms with Crippen LogP contribution in [0.1, 0.15) is 20.8 Å². The highest BCUT2D eigenvalue weighted by molar-refractivity contribution is 7.10. The summed E-state index contributed by atoms with van der Waals surface area (Å²) in [6.07, 6.45) is 0.473. The number of fused-ring (bicyclic) bond motifs is 1. The van der Waals surface area contributed by atoms with E-state index in [2.05, 4.69) is 24.3 Å². The predicted molar refractivity (Wildman–Crippen MR) is 81.0 cm³/mol. The van der Waals surface area contributed by atoms with Crippen LogP contribution in [0.4, 0.5) is 0 Å². The van der Waals surface area contributed by atoms with Gasteiger partial charge in [-0.2, -0.15) is 0 Å². The van der Waals surface area contributed by atoms with Crippen LogP contribution >= 0.6 is 11.3 Å². The van der Waals surface area contributed by atoms with Gasteiger partial charge in [0.15, 0.2) is 5.78 Å². The first-order valence-electron chi connectivity index (χ1n) is 6.28. The van der Waals surface area contributed by atoms with Crippen molar-refractivity contribution < 1.29 is 4.79 Å². The van der Waals surface area contributed by atoms with E-state index in [9.17, 15) is 4.79 Å². The van der Waals surface area contributed by atoms with E-state index < -0.39 is 0 Å². The Labute approximate surface area is 116 Å². The average molecular weight is 266 g/mol. The Morgan fingerprint density at radius 2 is 1.84 bits per heavy atom. The van der Waals surface area contributed by atoms with Crippen LogP contribution in [0.3, 0.4) is 0 Å². The molecule has 2 aromatic carbocycles. The SMILES string of the molecule is Cc1cc(C(=O)Cc2ccc3ccccc3c2)cs1. The fraction of sp³-hybridized carbons (Fsp3) is 0.118. The minimum atomic E-state index is 0.194. The van der Waals surface area contributed by atoms with E-state index in [0.717, 1.165) is 11.1 Å². The Hall–Kier alpha value is -1.93. The first-order valence-corrected chi connectivity index (χ1v) is 7.16. The average Bonchev–Trinajstić information content (AvgIpc) is 2.85. The quantitative estimate of drug-likeness (QED) is 0.631. The number of ketones is 1. The lowest BCUT2D eigenvalue weighted by Crippen LogP contribution is -2.01. The normalized spacial score (nSPS) is 10.8. The molecule has 0 fully saturated rings. The largest absolute Gasteiger partial charge is 0.294 e. The molecule has 1 aromatic heterocycles. The van der Waals surface area contributed by atoms with E-state index in [0.29, 0.717) is 6.42 Å². The molecule has 0 saturated carbocycles. The van der Waals surface area contributed by atoms with Crippen molar-refractivity contribution in [2.75, 3.05) is 0 Å². The number of hydrogen-bond acceptors (Lipinski definition) is 2.